The van der Waals surface area contributed by atoms with Crippen molar-refractivity contribution in [2.45, 2.75) is 26.9 Å². The normalized spacial score (nSPS) is 14.1. The Kier molecular flexibility index (Phi) is 5.11. The molecule has 1 aliphatic heterocycles. The number of rotatable bonds is 4. The topological polar surface area (TPSA) is 44.7 Å². The van der Waals surface area contributed by atoms with Crippen molar-refractivity contribution in [1.82, 2.24) is 10.3 Å². The maximum absolute atomic E-state index is 12.1. The van der Waals surface area contributed by atoms with Gasteiger partial charge in [0.15, 0.2) is 0 Å². The van der Waals surface area contributed by atoms with Crippen LogP contribution in [0.1, 0.15) is 27.8 Å². The first-order valence-electron chi connectivity index (χ1n) is 7.90. The van der Waals surface area contributed by atoms with Crippen molar-refractivity contribution in [2.75, 3.05) is 6.54 Å². The molecule has 24 heavy (non-hydrogen) atoms. The number of hydrogen-bond acceptors (Lipinski definition) is 3. The standard InChI is InChI=1S/C19H20BrN3O/c1-13-7-16-10-23(11-17(16)8-14(13)2)12-19(24)22-21-9-15-3-5-18(20)6-4-15/h3-9H,10-12H2,1-2H3,(H,22,24)/b21-9-. The van der Waals surface area contributed by atoms with E-state index < -0.39 is 0 Å². The van der Waals surface area contributed by atoms with Crippen LogP contribution in [0, 0.1) is 13.8 Å². The van der Waals surface area contributed by atoms with Gasteiger partial charge in [-0.25, -0.2) is 5.43 Å². The first-order valence-corrected chi connectivity index (χ1v) is 8.69. The molecule has 0 spiro atoms. The molecule has 0 aliphatic carbocycles. The molecular formula is C19H20BrN3O. The van der Waals surface area contributed by atoms with Gasteiger partial charge in [-0.1, -0.05) is 40.2 Å². The van der Waals surface area contributed by atoms with Crippen LogP contribution < -0.4 is 5.43 Å². The van der Waals surface area contributed by atoms with Gasteiger partial charge >= 0.3 is 0 Å². The summed E-state index contributed by atoms with van der Waals surface area (Å²) >= 11 is 3.39. The largest absolute Gasteiger partial charge is 0.286 e. The number of nitrogens with one attached hydrogen (secondary N) is 1. The van der Waals surface area contributed by atoms with Gasteiger partial charge in [0.1, 0.15) is 0 Å². The van der Waals surface area contributed by atoms with Gasteiger partial charge in [0, 0.05) is 17.6 Å². The summed E-state index contributed by atoms with van der Waals surface area (Å²) in [6, 6.07) is 12.2. The number of carbonyl (C=O) groups excluding carboxylic acids is 1. The second-order valence-corrected chi connectivity index (χ2v) is 7.11. The van der Waals surface area contributed by atoms with Crippen LogP contribution in [-0.2, 0) is 17.9 Å². The number of benzene rings is 2. The average molecular weight is 386 g/mol. The van der Waals surface area contributed by atoms with Crippen LogP contribution in [0.4, 0.5) is 0 Å². The van der Waals surface area contributed by atoms with Crippen LogP contribution in [-0.4, -0.2) is 23.6 Å². The third kappa shape index (κ3) is 4.10. The third-order valence-corrected chi connectivity index (χ3v) is 4.77. The molecule has 0 saturated heterocycles. The molecule has 1 aliphatic rings. The van der Waals surface area contributed by atoms with E-state index in [1.165, 1.54) is 22.3 Å². The predicted molar refractivity (Wildman–Crippen MR) is 99.9 cm³/mol. The van der Waals surface area contributed by atoms with Crippen molar-refractivity contribution in [1.29, 1.82) is 0 Å². The summed E-state index contributed by atoms with van der Waals surface area (Å²) in [5, 5.41) is 4.02. The number of carbonyl (C=O) groups is 1. The summed E-state index contributed by atoms with van der Waals surface area (Å²) < 4.78 is 1.02. The fraction of sp³-hybridized carbons (Fsp3) is 0.263. The Morgan fingerprint density at radius 3 is 2.33 bits per heavy atom. The molecule has 5 heteroatoms. The van der Waals surface area contributed by atoms with Crippen molar-refractivity contribution < 1.29 is 4.79 Å². The molecule has 0 radical (unpaired) electrons. The van der Waals surface area contributed by atoms with Crippen molar-refractivity contribution in [3.8, 4) is 0 Å². The number of halogens is 1. The number of aryl methyl sites for hydroxylation is 2. The molecule has 0 fully saturated rings. The van der Waals surface area contributed by atoms with Gasteiger partial charge in [0.25, 0.3) is 5.91 Å². The molecule has 3 rings (SSSR count). The van der Waals surface area contributed by atoms with E-state index in [1.807, 2.05) is 24.3 Å². The molecule has 2 aromatic rings. The predicted octanol–water partition coefficient (Wildman–Crippen LogP) is 3.53. The molecule has 4 nitrogen and oxygen atoms in total. The molecule has 0 atom stereocenters. The Morgan fingerprint density at radius 2 is 1.75 bits per heavy atom. The average Bonchev–Trinajstić information content (AvgIpc) is 2.90. The Labute approximate surface area is 150 Å². The van der Waals surface area contributed by atoms with Crippen molar-refractivity contribution in [2.24, 2.45) is 5.10 Å². The molecular weight excluding hydrogens is 366 g/mol. The monoisotopic (exact) mass is 385 g/mol. The Balaban J connectivity index is 1.52. The van der Waals surface area contributed by atoms with Gasteiger partial charge in [-0.15, -0.1) is 0 Å². The van der Waals surface area contributed by atoms with Crippen molar-refractivity contribution in [3.05, 3.63) is 68.7 Å². The molecule has 0 unspecified atom stereocenters. The Bertz CT molecular complexity index is 753. The van der Waals surface area contributed by atoms with E-state index in [-0.39, 0.29) is 5.91 Å². The van der Waals surface area contributed by atoms with E-state index in [1.54, 1.807) is 6.21 Å². The third-order valence-electron chi connectivity index (χ3n) is 4.24. The molecule has 2 aromatic carbocycles. The fourth-order valence-corrected chi connectivity index (χ4v) is 3.11. The van der Waals surface area contributed by atoms with Gasteiger partial charge in [-0.3, -0.25) is 9.69 Å². The molecule has 124 valence electrons. The first kappa shape index (κ1) is 16.9. The second kappa shape index (κ2) is 7.28. The summed E-state index contributed by atoms with van der Waals surface area (Å²) in [6.07, 6.45) is 1.65. The fourth-order valence-electron chi connectivity index (χ4n) is 2.85. The summed E-state index contributed by atoms with van der Waals surface area (Å²) in [4.78, 5) is 14.2. The van der Waals surface area contributed by atoms with Gasteiger partial charge in [-0.2, -0.15) is 5.10 Å². The lowest BCUT2D eigenvalue weighted by atomic mass is 10.0. The molecule has 1 N–H and O–H groups in total. The minimum atomic E-state index is -0.0930. The quantitative estimate of drug-likeness (QED) is 0.646. The summed E-state index contributed by atoms with van der Waals surface area (Å²) in [5.74, 6) is -0.0930. The molecule has 0 bridgehead atoms. The first-order chi connectivity index (χ1) is 11.5. The lowest BCUT2D eigenvalue weighted by Gasteiger charge is -2.12. The number of fused-ring (bicyclic) bond motifs is 1. The number of hydrazone groups is 1. The number of nitrogens with zero attached hydrogens (tertiary/aromatic N) is 2. The summed E-state index contributed by atoms with van der Waals surface area (Å²) in [5.41, 5.74) is 8.80. The van der Waals surface area contributed by atoms with Crippen molar-refractivity contribution >= 4 is 28.1 Å². The minimum Gasteiger partial charge on any atom is -0.286 e. The van der Waals surface area contributed by atoms with E-state index >= 15 is 0 Å². The van der Waals surface area contributed by atoms with E-state index in [9.17, 15) is 4.79 Å². The highest BCUT2D eigenvalue weighted by Gasteiger charge is 2.21. The Morgan fingerprint density at radius 1 is 1.17 bits per heavy atom. The van der Waals surface area contributed by atoms with Crippen LogP contribution >= 0.6 is 15.9 Å². The van der Waals surface area contributed by atoms with Crippen LogP contribution in [0.15, 0.2) is 46.0 Å². The number of hydrogen-bond donors (Lipinski definition) is 1. The van der Waals surface area contributed by atoms with Crippen LogP contribution in [0.3, 0.4) is 0 Å². The molecule has 0 saturated carbocycles. The zero-order valence-corrected chi connectivity index (χ0v) is 15.4. The molecule has 1 amide bonds. The summed E-state index contributed by atoms with van der Waals surface area (Å²) in [6.45, 7) is 6.24. The van der Waals surface area contributed by atoms with E-state index in [2.05, 4.69) is 57.3 Å². The maximum atomic E-state index is 12.1. The number of amides is 1. The lowest BCUT2D eigenvalue weighted by molar-refractivity contribution is -0.122. The van der Waals surface area contributed by atoms with E-state index in [0.717, 1.165) is 23.1 Å². The highest BCUT2D eigenvalue weighted by molar-refractivity contribution is 9.10. The van der Waals surface area contributed by atoms with Crippen LogP contribution in [0.2, 0.25) is 0 Å². The summed E-state index contributed by atoms with van der Waals surface area (Å²) in [7, 11) is 0. The second-order valence-electron chi connectivity index (χ2n) is 6.20. The van der Waals surface area contributed by atoms with Gasteiger partial charge in [0.05, 0.1) is 12.8 Å². The van der Waals surface area contributed by atoms with Crippen LogP contribution in [0.5, 0.6) is 0 Å². The molecule has 0 aromatic heterocycles. The highest BCUT2D eigenvalue weighted by atomic mass is 79.9. The zero-order chi connectivity index (χ0) is 17.1. The Hall–Kier alpha value is -1.98. The van der Waals surface area contributed by atoms with Gasteiger partial charge < -0.3 is 0 Å². The van der Waals surface area contributed by atoms with Crippen molar-refractivity contribution in [3.63, 3.8) is 0 Å². The SMILES string of the molecule is Cc1cc2c(cc1C)CN(CC(=O)N/N=C\c1ccc(Br)cc1)C2. The zero-order valence-electron chi connectivity index (χ0n) is 13.8. The minimum absolute atomic E-state index is 0.0930. The van der Waals surface area contributed by atoms with E-state index in [4.69, 9.17) is 0 Å². The van der Waals surface area contributed by atoms with Gasteiger partial charge in [0.2, 0.25) is 0 Å². The maximum Gasteiger partial charge on any atom is 0.254 e. The lowest BCUT2D eigenvalue weighted by Crippen LogP contribution is -2.32. The van der Waals surface area contributed by atoms with Crippen LogP contribution in [0.25, 0.3) is 0 Å². The van der Waals surface area contributed by atoms with Gasteiger partial charge in [-0.05, 0) is 53.8 Å². The molecule has 1 heterocycles. The highest BCUT2D eigenvalue weighted by Crippen LogP contribution is 2.25. The smallest absolute Gasteiger partial charge is 0.254 e. The van der Waals surface area contributed by atoms with E-state index in [0.29, 0.717) is 6.54 Å².